The highest BCUT2D eigenvalue weighted by Gasteiger charge is 2.24. The SMILES string of the molecule is O=S([O-])c1cccc(Nc2ncc3c(n2)-c2nc(CN4CCOCC4)sc2CC3)c1. The number of aryl methyl sites for hydroxylation is 2. The van der Waals surface area contributed by atoms with E-state index in [1.807, 2.05) is 6.20 Å². The second-order valence-electron chi connectivity index (χ2n) is 7.22. The molecule has 0 spiro atoms. The van der Waals surface area contributed by atoms with Gasteiger partial charge in [0.1, 0.15) is 10.7 Å². The Morgan fingerprint density at radius 3 is 2.90 bits per heavy atom. The maximum Gasteiger partial charge on any atom is 0.227 e. The van der Waals surface area contributed by atoms with E-state index in [2.05, 4.69) is 15.2 Å². The molecule has 30 heavy (non-hydrogen) atoms. The van der Waals surface area contributed by atoms with Crippen LogP contribution in [0.3, 0.4) is 0 Å². The van der Waals surface area contributed by atoms with Crippen molar-refractivity contribution < 1.29 is 13.5 Å². The first kappa shape index (κ1) is 19.7. The molecule has 1 unspecified atom stereocenters. The van der Waals surface area contributed by atoms with Crippen molar-refractivity contribution >= 4 is 34.1 Å². The van der Waals surface area contributed by atoms with Crippen molar-refractivity contribution in [2.75, 3.05) is 31.6 Å². The second kappa shape index (κ2) is 8.48. The lowest BCUT2D eigenvalue weighted by atomic mass is 10.00. The van der Waals surface area contributed by atoms with Crippen molar-refractivity contribution in [3.8, 4) is 11.4 Å². The molecule has 8 nitrogen and oxygen atoms in total. The van der Waals surface area contributed by atoms with E-state index in [4.69, 9.17) is 14.7 Å². The van der Waals surface area contributed by atoms with E-state index in [0.29, 0.717) is 11.6 Å². The van der Waals surface area contributed by atoms with Gasteiger partial charge in [-0.05, 0) is 47.7 Å². The topological polar surface area (TPSA) is 103 Å². The summed E-state index contributed by atoms with van der Waals surface area (Å²) in [5, 5.41) is 4.22. The monoisotopic (exact) mass is 442 g/mol. The van der Waals surface area contributed by atoms with E-state index in [-0.39, 0.29) is 4.90 Å². The van der Waals surface area contributed by atoms with Crippen LogP contribution in [0.25, 0.3) is 11.4 Å². The van der Waals surface area contributed by atoms with E-state index in [9.17, 15) is 8.76 Å². The minimum absolute atomic E-state index is 0.215. The minimum atomic E-state index is -2.28. The summed E-state index contributed by atoms with van der Waals surface area (Å²) in [6, 6.07) is 6.57. The van der Waals surface area contributed by atoms with E-state index >= 15 is 0 Å². The molecule has 3 aromatic rings. The highest BCUT2D eigenvalue weighted by molar-refractivity contribution is 7.79. The number of rotatable bonds is 5. The van der Waals surface area contributed by atoms with Crippen molar-refractivity contribution in [1.29, 1.82) is 0 Å². The molecule has 1 aromatic carbocycles. The van der Waals surface area contributed by atoms with Gasteiger partial charge < -0.3 is 14.6 Å². The fourth-order valence-corrected chi connectivity index (χ4v) is 5.21. The second-order valence-corrected chi connectivity index (χ2v) is 9.33. The number of anilines is 2. The van der Waals surface area contributed by atoms with Gasteiger partial charge in [0.15, 0.2) is 0 Å². The fourth-order valence-electron chi connectivity index (χ4n) is 3.68. The van der Waals surface area contributed by atoms with Crippen LogP contribution in [0.4, 0.5) is 11.6 Å². The Morgan fingerprint density at radius 2 is 2.07 bits per heavy atom. The van der Waals surface area contributed by atoms with Gasteiger partial charge in [0.25, 0.3) is 0 Å². The zero-order valence-electron chi connectivity index (χ0n) is 16.2. The Balaban J connectivity index is 1.40. The summed E-state index contributed by atoms with van der Waals surface area (Å²) >= 11 is -0.516. The summed E-state index contributed by atoms with van der Waals surface area (Å²) < 4.78 is 27.8. The first-order valence-electron chi connectivity index (χ1n) is 9.77. The summed E-state index contributed by atoms with van der Waals surface area (Å²) in [6.07, 6.45) is 3.69. The van der Waals surface area contributed by atoms with Crippen LogP contribution in [-0.4, -0.2) is 54.9 Å². The van der Waals surface area contributed by atoms with Crippen LogP contribution in [0.15, 0.2) is 35.4 Å². The number of benzene rings is 1. The Labute approximate surface area is 180 Å². The molecule has 2 aromatic heterocycles. The molecule has 0 amide bonds. The highest BCUT2D eigenvalue weighted by Crippen LogP contribution is 2.36. The van der Waals surface area contributed by atoms with Gasteiger partial charge in [0, 0.05) is 34.7 Å². The molecule has 1 N–H and O–H groups in total. The normalized spacial score (nSPS) is 17.2. The maximum absolute atomic E-state index is 11.2. The van der Waals surface area contributed by atoms with Gasteiger partial charge in [-0.25, -0.2) is 15.0 Å². The zero-order chi connectivity index (χ0) is 20.5. The molecule has 1 fully saturated rings. The molecular formula is C20H20N5O3S2-. The lowest BCUT2D eigenvalue weighted by Crippen LogP contribution is -2.35. The van der Waals surface area contributed by atoms with Gasteiger partial charge in [-0.15, -0.1) is 11.3 Å². The quantitative estimate of drug-likeness (QED) is 0.601. The molecule has 1 aliphatic carbocycles. The van der Waals surface area contributed by atoms with Crippen LogP contribution in [0.5, 0.6) is 0 Å². The van der Waals surface area contributed by atoms with Crippen LogP contribution in [0, 0.1) is 0 Å². The molecule has 1 atom stereocenters. The standard InChI is InChI=1S/C20H21N5O3S2/c26-30(27)15-3-1-2-14(10-15)22-20-21-11-13-4-5-16-19(18(13)24-20)23-17(29-16)12-25-6-8-28-9-7-25/h1-3,10-11H,4-9,12H2,(H,26,27)(H,21,22,24)/p-1. The van der Waals surface area contributed by atoms with Crippen molar-refractivity contribution in [3.05, 3.63) is 45.9 Å². The van der Waals surface area contributed by atoms with Crippen LogP contribution in [0.2, 0.25) is 0 Å². The fraction of sp³-hybridized carbons (Fsp3) is 0.350. The van der Waals surface area contributed by atoms with E-state index in [1.54, 1.807) is 35.6 Å². The van der Waals surface area contributed by atoms with Gasteiger partial charge in [-0.3, -0.25) is 9.11 Å². The predicted molar refractivity (Wildman–Crippen MR) is 114 cm³/mol. The summed E-state index contributed by atoms with van der Waals surface area (Å²) in [5.74, 6) is 0.429. The van der Waals surface area contributed by atoms with Crippen LogP contribution in [0.1, 0.15) is 15.4 Å². The number of morpholine rings is 1. The van der Waals surface area contributed by atoms with Crippen LogP contribution in [-0.2, 0) is 35.2 Å². The zero-order valence-corrected chi connectivity index (χ0v) is 17.8. The summed E-state index contributed by atoms with van der Waals surface area (Å²) in [7, 11) is 0. The molecule has 156 valence electrons. The van der Waals surface area contributed by atoms with E-state index < -0.39 is 11.1 Å². The third-order valence-electron chi connectivity index (χ3n) is 5.20. The summed E-state index contributed by atoms with van der Waals surface area (Å²) in [5.41, 5.74) is 3.52. The average molecular weight is 443 g/mol. The van der Waals surface area contributed by atoms with E-state index in [1.165, 1.54) is 4.88 Å². The van der Waals surface area contributed by atoms with Crippen LogP contribution < -0.4 is 5.32 Å². The first-order chi connectivity index (χ1) is 14.7. The number of hydrogen-bond donors (Lipinski definition) is 1. The van der Waals surface area contributed by atoms with Crippen molar-refractivity contribution in [3.63, 3.8) is 0 Å². The Hall–Kier alpha value is -2.24. The third-order valence-corrected chi connectivity index (χ3v) is 6.94. The summed E-state index contributed by atoms with van der Waals surface area (Å²) in [4.78, 5) is 17.9. The number of nitrogens with one attached hydrogen (secondary N) is 1. The molecule has 0 saturated carbocycles. The number of hydrogen-bond acceptors (Lipinski definition) is 9. The smallest absolute Gasteiger partial charge is 0.227 e. The summed E-state index contributed by atoms with van der Waals surface area (Å²) in [6.45, 7) is 4.26. The predicted octanol–water partition coefficient (Wildman–Crippen LogP) is 2.51. The number of ether oxygens (including phenoxy) is 1. The number of fused-ring (bicyclic) bond motifs is 3. The van der Waals surface area contributed by atoms with Crippen LogP contribution >= 0.6 is 11.3 Å². The van der Waals surface area contributed by atoms with E-state index in [0.717, 1.165) is 67.6 Å². The molecule has 1 saturated heterocycles. The minimum Gasteiger partial charge on any atom is -0.768 e. The Morgan fingerprint density at radius 1 is 1.20 bits per heavy atom. The van der Waals surface area contributed by atoms with Crippen molar-refractivity contribution in [1.82, 2.24) is 19.9 Å². The molecule has 10 heteroatoms. The molecule has 3 heterocycles. The van der Waals surface area contributed by atoms with Gasteiger partial charge in [-0.1, -0.05) is 6.07 Å². The Bertz CT molecular complexity index is 1100. The van der Waals surface area contributed by atoms with Gasteiger partial charge >= 0.3 is 0 Å². The largest absolute Gasteiger partial charge is 0.768 e. The van der Waals surface area contributed by atoms with Gasteiger partial charge in [0.05, 0.1) is 25.5 Å². The lowest BCUT2D eigenvalue weighted by molar-refractivity contribution is 0.0342. The third kappa shape index (κ3) is 4.14. The van der Waals surface area contributed by atoms with Crippen molar-refractivity contribution in [2.45, 2.75) is 24.3 Å². The lowest BCUT2D eigenvalue weighted by Gasteiger charge is -2.25. The maximum atomic E-state index is 11.2. The first-order valence-corrected chi connectivity index (χ1v) is 11.7. The Kier molecular flexibility index (Phi) is 5.57. The molecule has 2 aliphatic rings. The molecule has 5 rings (SSSR count). The number of aromatic nitrogens is 3. The molecule has 1 aliphatic heterocycles. The van der Waals surface area contributed by atoms with Crippen molar-refractivity contribution in [2.24, 2.45) is 0 Å². The highest BCUT2D eigenvalue weighted by atomic mass is 32.2. The average Bonchev–Trinajstić information content (AvgIpc) is 3.17. The molecule has 0 radical (unpaired) electrons. The van der Waals surface area contributed by atoms with Gasteiger partial charge in [0.2, 0.25) is 5.95 Å². The number of nitrogens with zero attached hydrogens (tertiary/aromatic N) is 4. The molecular weight excluding hydrogens is 422 g/mol. The molecule has 0 bridgehead atoms. The van der Waals surface area contributed by atoms with Gasteiger partial charge in [-0.2, -0.15) is 0 Å². The number of thiazole rings is 1.